The fraction of sp³-hybridized carbons (Fsp3) is 0.0714. The van der Waals surface area contributed by atoms with E-state index in [0.29, 0.717) is 5.69 Å². The number of esters is 1. The van der Waals surface area contributed by atoms with Crippen molar-refractivity contribution in [2.24, 2.45) is 0 Å². The molecule has 0 aliphatic heterocycles. The highest BCUT2D eigenvalue weighted by atomic mass is 32.2. The molecule has 0 bridgehead atoms. The molecule has 124 valence electrons. The molecule has 9 nitrogen and oxygen atoms in total. The number of nitro groups is 2. The van der Waals surface area contributed by atoms with Crippen LogP contribution >= 0.6 is 11.9 Å². The predicted molar refractivity (Wildman–Crippen MR) is 87.0 cm³/mol. The van der Waals surface area contributed by atoms with Gasteiger partial charge in [-0.1, -0.05) is 12.1 Å². The van der Waals surface area contributed by atoms with Crippen LogP contribution in [0, 0.1) is 20.2 Å². The minimum atomic E-state index is -0.707. The monoisotopic (exact) mass is 349 g/mol. The lowest BCUT2D eigenvalue weighted by atomic mass is 10.2. The Kier molecular flexibility index (Phi) is 5.32. The van der Waals surface area contributed by atoms with Gasteiger partial charge in [0.15, 0.2) is 0 Å². The Morgan fingerprint density at radius 1 is 1.12 bits per heavy atom. The minimum Gasteiger partial charge on any atom is -0.465 e. The van der Waals surface area contributed by atoms with E-state index < -0.39 is 21.5 Å². The molecule has 0 aromatic heterocycles. The number of carbonyl (C=O) groups excluding carboxylic acids is 1. The van der Waals surface area contributed by atoms with Gasteiger partial charge in [-0.2, -0.15) is 0 Å². The van der Waals surface area contributed by atoms with E-state index in [9.17, 15) is 25.0 Å². The van der Waals surface area contributed by atoms with Crippen LogP contribution in [0.3, 0.4) is 0 Å². The van der Waals surface area contributed by atoms with Crippen molar-refractivity contribution in [1.82, 2.24) is 0 Å². The summed E-state index contributed by atoms with van der Waals surface area (Å²) in [5.41, 5.74) is -0.114. The van der Waals surface area contributed by atoms with Crippen LogP contribution in [0.5, 0.6) is 0 Å². The lowest BCUT2D eigenvalue weighted by Gasteiger charge is -2.09. The third-order valence-corrected chi connectivity index (χ3v) is 3.84. The smallest absolute Gasteiger partial charge is 0.339 e. The number of anilines is 1. The van der Waals surface area contributed by atoms with Gasteiger partial charge in [-0.25, -0.2) is 4.79 Å². The van der Waals surface area contributed by atoms with Gasteiger partial charge in [-0.15, -0.1) is 0 Å². The molecule has 0 unspecified atom stereocenters. The summed E-state index contributed by atoms with van der Waals surface area (Å²) in [6, 6.07) is 9.81. The van der Waals surface area contributed by atoms with Crippen molar-refractivity contribution >= 4 is 35.0 Å². The van der Waals surface area contributed by atoms with E-state index in [-0.39, 0.29) is 16.1 Å². The van der Waals surface area contributed by atoms with Crippen molar-refractivity contribution in [3.8, 4) is 0 Å². The number of nitrogens with one attached hydrogen (secondary N) is 1. The molecule has 1 N–H and O–H groups in total. The summed E-state index contributed by atoms with van der Waals surface area (Å²) in [6.07, 6.45) is 0. The van der Waals surface area contributed by atoms with Crippen LogP contribution in [0.4, 0.5) is 17.1 Å². The minimum absolute atomic E-state index is 0.172. The van der Waals surface area contributed by atoms with Crippen molar-refractivity contribution in [1.29, 1.82) is 0 Å². The van der Waals surface area contributed by atoms with E-state index in [1.54, 1.807) is 24.3 Å². The molecule has 0 saturated carbocycles. The fourth-order valence-electron chi connectivity index (χ4n) is 1.82. The van der Waals surface area contributed by atoms with Gasteiger partial charge in [0.05, 0.1) is 34.3 Å². The molecule has 0 spiro atoms. The first-order chi connectivity index (χ1) is 11.4. The topological polar surface area (TPSA) is 125 Å². The number of rotatable bonds is 6. The Labute approximate surface area is 140 Å². The fourth-order valence-corrected chi connectivity index (χ4v) is 2.59. The second-order valence-electron chi connectivity index (χ2n) is 4.41. The molecule has 0 amide bonds. The number of nitrogens with zero attached hydrogens (tertiary/aromatic N) is 2. The van der Waals surface area contributed by atoms with Crippen LogP contribution in [-0.4, -0.2) is 22.9 Å². The van der Waals surface area contributed by atoms with E-state index >= 15 is 0 Å². The Morgan fingerprint density at radius 2 is 1.83 bits per heavy atom. The molecule has 0 radical (unpaired) electrons. The first-order valence-electron chi connectivity index (χ1n) is 6.47. The van der Waals surface area contributed by atoms with Gasteiger partial charge in [0.1, 0.15) is 4.90 Å². The molecule has 0 saturated heterocycles. The number of non-ortho nitro benzene ring substituents is 1. The molecule has 0 fully saturated rings. The molecule has 0 aliphatic carbocycles. The number of nitro benzene ring substituents is 2. The molecular formula is C14H11N3O6S. The summed E-state index contributed by atoms with van der Waals surface area (Å²) in [7, 11) is 1.24. The van der Waals surface area contributed by atoms with Gasteiger partial charge < -0.3 is 9.46 Å². The Morgan fingerprint density at radius 3 is 2.46 bits per heavy atom. The molecule has 2 rings (SSSR count). The highest BCUT2D eigenvalue weighted by Crippen LogP contribution is 2.33. The third kappa shape index (κ3) is 3.79. The molecule has 24 heavy (non-hydrogen) atoms. The lowest BCUT2D eigenvalue weighted by molar-refractivity contribution is -0.396. The standard InChI is InChI=1S/C14H11N3O6S/c1-23-14(18)10-4-2-3-5-11(10)15-24-13-7-6-9(16(19)20)8-12(13)17(21)22/h2-8,15H,1H3. The van der Waals surface area contributed by atoms with Gasteiger partial charge in [0.2, 0.25) is 0 Å². The zero-order valence-corrected chi connectivity index (χ0v) is 13.1. The number of ether oxygens (including phenoxy) is 1. The van der Waals surface area contributed by atoms with Crippen molar-refractivity contribution in [3.05, 3.63) is 68.3 Å². The molecule has 10 heteroatoms. The van der Waals surface area contributed by atoms with Crippen molar-refractivity contribution in [2.75, 3.05) is 11.8 Å². The van der Waals surface area contributed by atoms with Crippen molar-refractivity contribution in [2.45, 2.75) is 4.90 Å². The zero-order chi connectivity index (χ0) is 17.7. The molecule has 0 atom stereocenters. The van der Waals surface area contributed by atoms with E-state index in [1.807, 2.05) is 0 Å². The molecular weight excluding hydrogens is 338 g/mol. The number of hydrogen-bond donors (Lipinski definition) is 1. The van der Waals surface area contributed by atoms with Gasteiger partial charge in [-0.3, -0.25) is 20.2 Å². The second-order valence-corrected chi connectivity index (χ2v) is 5.26. The maximum Gasteiger partial charge on any atom is 0.339 e. The number of carbonyl (C=O) groups is 1. The summed E-state index contributed by atoms with van der Waals surface area (Å²) in [5, 5.41) is 21.8. The molecule has 0 heterocycles. The molecule has 2 aromatic rings. The average molecular weight is 349 g/mol. The Balaban J connectivity index is 2.28. The number of methoxy groups -OCH3 is 1. The molecule has 2 aromatic carbocycles. The number of hydrogen-bond acceptors (Lipinski definition) is 8. The predicted octanol–water partition coefficient (Wildman–Crippen LogP) is 3.41. The van der Waals surface area contributed by atoms with E-state index in [4.69, 9.17) is 0 Å². The number of para-hydroxylation sites is 1. The van der Waals surface area contributed by atoms with Crippen molar-refractivity contribution in [3.63, 3.8) is 0 Å². The average Bonchev–Trinajstić information content (AvgIpc) is 2.59. The quantitative estimate of drug-likeness (QED) is 0.364. The molecule has 0 aliphatic rings. The van der Waals surface area contributed by atoms with E-state index in [1.165, 1.54) is 19.2 Å². The summed E-state index contributed by atoms with van der Waals surface area (Å²) in [4.78, 5) is 32.3. The third-order valence-electron chi connectivity index (χ3n) is 2.95. The van der Waals surface area contributed by atoms with Crippen LogP contribution < -0.4 is 4.72 Å². The van der Waals surface area contributed by atoms with Crippen LogP contribution in [0.15, 0.2) is 47.4 Å². The normalized spacial score (nSPS) is 10.0. The maximum absolute atomic E-state index is 11.7. The largest absolute Gasteiger partial charge is 0.465 e. The SMILES string of the molecule is COC(=O)c1ccccc1NSc1ccc([N+](=O)[O-])cc1[N+](=O)[O-]. The van der Waals surface area contributed by atoms with Crippen LogP contribution in [0.1, 0.15) is 10.4 Å². The van der Waals surface area contributed by atoms with Crippen LogP contribution in [-0.2, 0) is 4.74 Å². The number of benzene rings is 2. The maximum atomic E-state index is 11.7. The summed E-state index contributed by atoms with van der Waals surface area (Å²) in [5.74, 6) is -0.558. The van der Waals surface area contributed by atoms with Gasteiger partial charge >= 0.3 is 5.97 Å². The highest BCUT2D eigenvalue weighted by Gasteiger charge is 2.20. The van der Waals surface area contributed by atoms with Gasteiger partial charge in [0, 0.05) is 6.07 Å². The van der Waals surface area contributed by atoms with Crippen LogP contribution in [0.2, 0.25) is 0 Å². The summed E-state index contributed by atoms with van der Waals surface area (Å²) in [6.45, 7) is 0. The zero-order valence-electron chi connectivity index (χ0n) is 12.3. The highest BCUT2D eigenvalue weighted by molar-refractivity contribution is 8.00. The Hall–Kier alpha value is -3.14. The first-order valence-corrected chi connectivity index (χ1v) is 7.28. The lowest BCUT2D eigenvalue weighted by Crippen LogP contribution is -2.04. The van der Waals surface area contributed by atoms with E-state index in [2.05, 4.69) is 9.46 Å². The Bertz CT molecular complexity index is 811. The summed E-state index contributed by atoms with van der Waals surface area (Å²) >= 11 is 0.869. The summed E-state index contributed by atoms with van der Waals surface area (Å²) < 4.78 is 7.49. The van der Waals surface area contributed by atoms with E-state index in [0.717, 1.165) is 18.0 Å². The second kappa shape index (κ2) is 7.42. The van der Waals surface area contributed by atoms with Crippen LogP contribution in [0.25, 0.3) is 0 Å². The van der Waals surface area contributed by atoms with Crippen molar-refractivity contribution < 1.29 is 19.4 Å². The first kappa shape index (κ1) is 17.2. The van der Waals surface area contributed by atoms with Gasteiger partial charge in [0.25, 0.3) is 11.4 Å². The van der Waals surface area contributed by atoms with Gasteiger partial charge in [-0.05, 0) is 30.1 Å².